The maximum Gasteiger partial charge on any atom is 0.214 e. The van der Waals surface area contributed by atoms with Crippen molar-refractivity contribution in [1.29, 1.82) is 0 Å². The van der Waals surface area contributed by atoms with Gasteiger partial charge in [-0.3, -0.25) is 0 Å². The van der Waals surface area contributed by atoms with Gasteiger partial charge in [-0.1, -0.05) is 18.2 Å². The lowest BCUT2D eigenvalue weighted by Gasteiger charge is -2.21. The summed E-state index contributed by atoms with van der Waals surface area (Å²) in [5.74, 6) is 1.47. The van der Waals surface area contributed by atoms with Crippen LogP contribution in [-0.2, 0) is 29.4 Å². The normalized spacial score (nSPS) is 11.8. The lowest BCUT2D eigenvalue weighted by molar-refractivity contribution is 0.366. The maximum atomic E-state index is 13.0. The van der Waals surface area contributed by atoms with Crippen molar-refractivity contribution in [3.8, 4) is 5.75 Å². The number of benzene rings is 1. The predicted octanol–water partition coefficient (Wildman–Crippen LogP) is 3.97. The van der Waals surface area contributed by atoms with Crippen LogP contribution in [-0.4, -0.2) is 32.1 Å². The number of aryl methyl sites for hydroxylation is 1. The zero-order valence-electron chi connectivity index (χ0n) is 15.2. The largest absolute Gasteiger partial charge is 0.497 e. The Morgan fingerprint density at radius 1 is 1.07 bits per heavy atom. The molecule has 0 spiro atoms. The summed E-state index contributed by atoms with van der Waals surface area (Å²) in [7, 11) is -1.81. The SMILES string of the molecule is COc1ccc(CCS(=O)(=O)N(CCc2cccs2)Cc2ccco2)cc1. The lowest BCUT2D eigenvalue weighted by Crippen LogP contribution is -2.34. The van der Waals surface area contributed by atoms with Gasteiger partial charge in [-0.2, -0.15) is 4.31 Å². The van der Waals surface area contributed by atoms with E-state index in [9.17, 15) is 8.42 Å². The number of nitrogens with zero attached hydrogens (tertiary/aromatic N) is 1. The molecule has 144 valence electrons. The Hall–Kier alpha value is -2.09. The standard InChI is InChI=1S/C20H23NO4S2/c1-24-18-8-6-17(7-9-18)11-15-27(22,23)21(16-19-4-2-13-25-19)12-10-20-5-3-14-26-20/h2-9,13-14H,10-12,15-16H2,1H3. The summed E-state index contributed by atoms with van der Waals surface area (Å²) in [5, 5.41) is 2.00. The van der Waals surface area contributed by atoms with Crippen molar-refractivity contribution in [1.82, 2.24) is 4.31 Å². The first-order chi connectivity index (χ1) is 13.1. The first-order valence-electron chi connectivity index (χ1n) is 8.72. The molecule has 0 aliphatic heterocycles. The molecule has 0 N–H and O–H groups in total. The van der Waals surface area contributed by atoms with Gasteiger partial charge >= 0.3 is 0 Å². The number of hydrogen-bond donors (Lipinski definition) is 0. The van der Waals surface area contributed by atoms with E-state index in [1.165, 1.54) is 9.18 Å². The summed E-state index contributed by atoms with van der Waals surface area (Å²) in [6.45, 7) is 0.690. The molecular formula is C20H23NO4S2. The zero-order valence-corrected chi connectivity index (χ0v) is 16.8. The van der Waals surface area contributed by atoms with Gasteiger partial charge in [-0.25, -0.2) is 8.42 Å². The van der Waals surface area contributed by atoms with Crippen LogP contribution < -0.4 is 4.74 Å². The first-order valence-corrected chi connectivity index (χ1v) is 11.2. The molecule has 7 heteroatoms. The smallest absolute Gasteiger partial charge is 0.214 e. The average Bonchev–Trinajstić information content (AvgIpc) is 3.37. The summed E-state index contributed by atoms with van der Waals surface area (Å²) in [6, 6.07) is 15.1. The van der Waals surface area contributed by atoms with Gasteiger partial charge in [0.15, 0.2) is 0 Å². The van der Waals surface area contributed by atoms with E-state index in [4.69, 9.17) is 9.15 Å². The molecule has 5 nitrogen and oxygen atoms in total. The molecule has 3 aromatic rings. The van der Waals surface area contributed by atoms with Crippen LogP contribution in [0.4, 0.5) is 0 Å². The highest BCUT2D eigenvalue weighted by atomic mass is 32.2. The second-order valence-electron chi connectivity index (χ2n) is 6.16. The van der Waals surface area contributed by atoms with Crippen LogP contribution in [0.15, 0.2) is 64.6 Å². The van der Waals surface area contributed by atoms with Crippen molar-refractivity contribution in [3.63, 3.8) is 0 Å². The van der Waals surface area contributed by atoms with E-state index < -0.39 is 10.0 Å². The van der Waals surface area contributed by atoms with Gasteiger partial charge in [0.2, 0.25) is 10.0 Å². The molecule has 2 aromatic heterocycles. The molecule has 27 heavy (non-hydrogen) atoms. The third-order valence-corrected chi connectivity index (χ3v) is 7.06. The van der Waals surface area contributed by atoms with Crippen LogP contribution in [0.25, 0.3) is 0 Å². The van der Waals surface area contributed by atoms with Crippen LogP contribution in [0.5, 0.6) is 5.75 Å². The molecule has 1 aromatic carbocycles. The Morgan fingerprint density at radius 3 is 2.52 bits per heavy atom. The van der Waals surface area contributed by atoms with E-state index in [0.717, 1.165) is 11.3 Å². The monoisotopic (exact) mass is 405 g/mol. The molecule has 0 aliphatic carbocycles. The molecule has 0 amide bonds. The number of rotatable bonds is 10. The van der Waals surface area contributed by atoms with Crippen molar-refractivity contribution in [2.75, 3.05) is 19.4 Å². The molecule has 0 atom stereocenters. The number of furan rings is 1. The number of ether oxygens (including phenoxy) is 1. The minimum atomic E-state index is -3.42. The highest BCUT2D eigenvalue weighted by Crippen LogP contribution is 2.17. The molecule has 2 heterocycles. The first kappa shape index (κ1) is 19.7. The Balaban J connectivity index is 1.67. The molecule has 0 unspecified atom stereocenters. The number of hydrogen-bond acceptors (Lipinski definition) is 5. The van der Waals surface area contributed by atoms with Crippen molar-refractivity contribution in [3.05, 3.63) is 76.4 Å². The fourth-order valence-electron chi connectivity index (χ4n) is 2.75. The Kier molecular flexibility index (Phi) is 6.71. The minimum absolute atomic E-state index is 0.0600. The second kappa shape index (κ2) is 9.21. The zero-order chi connectivity index (χ0) is 19.1. The molecule has 3 rings (SSSR count). The summed E-state index contributed by atoms with van der Waals surface area (Å²) >= 11 is 1.64. The van der Waals surface area contributed by atoms with E-state index >= 15 is 0 Å². The quantitative estimate of drug-likeness (QED) is 0.512. The molecule has 0 aliphatic rings. The van der Waals surface area contributed by atoms with Crippen LogP contribution in [0.3, 0.4) is 0 Å². The van der Waals surface area contributed by atoms with E-state index in [1.54, 1.807) is 36.8 Å². The summed E-state index contributed by atoms with van der Waals surface area (Å²) < 4.78 is 38.0. The molecule has 0 saturated carbocycles. The Morgan fingerprint density at radius 2 is 1.89 bits per heavy atom. The third kappa shape index (κ3) is 5.69. The van der Waals surface area contributed by atoms with Crippen molar-refractivity contribution in [2.45, 2.75) is 19.4 Å². The highest BCUT2D eigenvalue weighted by Gasteiger charge is 2.23. The van der Waals surface area contributed by atoms with Gasteiger partial charge in [0.1, 0.15) is 11.5 Å². The summed E-state index contributed by atoms with van der Waals surface area (Å²) in [4.78, 5) is 1.17. The van der Waals surface area contributed by atoms with Gasteiger partial charge in [-0.05, 0) is 54.1 Å². The summed E-state index contributed by atoms with van der Waals surface area (Å²) in [5.41, 5.74) is 0.968. The molecule has 0 radical (unpaired) electrons. The van der Waals surface area contributed by atoms with E-state index in [2.05, 4.69) is 0 Å². The topological polar surface area (TPSA) is 59.8 Å². The van der Waals surface area contributed by atoms with E-state index in [-0.39, 0.29) is 12.3 Å². The fourth-order valence-corrected chi connectivity index (χ4v) is 4.89. The van der Waals surface area contributed by atoms with Gasteiger partial charge < -0.3 is 9.15 Å². The fraction of sp³-hybridized carbons (Fsp3) is 0.300. The van der Waals surface area contributed by atoms with E-state index in [1.807, 2.05) is 41.8 Å². The highest BCUT2D eigenvalue weighted by molar-refractivity contribution is 7.89. The molecule has 0 bridgehead atoms. The Labute approximate surface area is 164 Å². The van der Waals surface area contributed by atoms with Gasteiger partial charge in [0, 0.05) is 11.4 Å². The molecule has 0 saturated heterocycles. The van der Waals surface area contributed by atoms with Crippen LogP contribution in [0.1, 0.15) is 16.2 Å². The van der Waals surface area contributed by atoms with Crippen LogP contribution in [0, 0.1) is 0 Å². The van der Waals surface area contributed by atoms with Crippen LogP contribution in [0.2, 0.25) is 0 Å². The Bertz CT molecular complexity index is 902. The predicted molar refractivity (Wildman–Crippen MR) is 108 cm³/mol. The van der Waals surface area contributed by atoms with Crippen molar-refractivity contribution in [2.24, 2.45) is 0 Å². The van der Waals surface area contributed by atoms with Gasteiger partial charge in [0.05, 0.1) is 25.7 Å². The average molecular weight is 406 g/mol. The number of methoxy groups -OCH3 is 1. The number of thiophene rings is 1. The van der Waals surface area contributed by atoms with Crippen LogP contribution >= 0.6 is 11.3 Å². The maximum absolute atomic E-state index is 13.0. The lowest BCUT2D eigenvalue weighted by atomic mass is 10.2. The van der Waals surface area contributed by atoms with Crippen molar-refractivity contribution >= 4 is 21.4 Å². The van der Waals surface area contributed by atoms with E-state index in [0.29, 0.717) is 25.1 Å². The second-order valence-corrected chi connectivity index (χ2v) is 9.28. The summed E-state index contributed by atoms with van der Waals surface area (Å²) in [6.07, 6.45) is 2.72. The molecular weight excluding hydrogens is 382 g/mol. The van der Waals surface area contributed by atoms with Gasteiger partial charge in [-0.15, -0.1) is 11.3 Å². The van der Waals surface area contributed by atoms with Crippen molar-refractivity contribution < 1.29 is 17.6 Å². The minimum Gasteiger partial charge on any atom is -0.497 e. The molecule has 0 fully saturated rings. The number of sulfonamides is 1. The van der Waals surface area contributed by atoms with Gasteiger partial charge in [0.25, 0.3) is 0 Å². The third-order valence-electron chi connectivity index (χ3n) is 4.30.